The highest BCUT2D eigenvalue weighted by Gasteiger charge is 2.30. The molecule has 2 rings (SSSR count). The minimum Gasteiger partial charge on any atom is -0.344 e. The second-order valence-electron chi connectivity index (χ2n) is 6.07. The molecule has 0 saturated heterocycles. The van der Waals surface area contributed by atoms with Crippen molar-refractivity contribution in [3.63, 3.8) is 0 Å². The Morgan fingerprint density at radius 3 is 2.33 bits per heavy atom. The van der Waals surface area contributed by atoms with Crippen LogP contribution in [-0.2, 0) is 4.79 Å². The van der Waals surface area contributed by atoms with Crippen LogP contribution in [0, 0.1) is 5.92 Å². The number of nitrogens with zero attached hydrogens (tertiary/aromatic N) is 2. The normalized spacial score (nSPS) is 21.3. The van der Waals surface area contributed by atoms with Gasteiger partial charge in [0.05, 0.1) is 6.54 Å². The highest BCUT2D eigenvalue weighted by molar-refractivity contribution is 5.78. The van der Waals surface area contributed by atoms with Crippen molar-refractivity contribution in [3.8, 4) is 0 Å². The van der Waals surface area contributed by atoms with Gasteiger partial charge in [-0.2, -0.15) is 0 Å². The zero-order valence-electron chi connectivity index (χ0n) is 12.0. The van der Waals surface area contributed by atoms with Gasteiger partial charge in [-0.15, -0.1) is 0 Å². The first-order chi connectivity index (χ1) is 8.70. The summed E-state index contributed by atoms with van der Waals surface area (Å²) in [5.41, 5.74) is 0. The molecule has 2 aliphatic rings. The van der Waals surface area contributed by atoms with Gasteiger partial charge in [0, 0.05) is 19.6 Å². The van der Waals surface area contributed by atoms with Crippen molar-refractivity contribution in [2.45, 2.75) is 57.9 Å². The summed E-state index contributed by atoms with van der Waals surface area (Å²) in [6.07, 6.45) is 9.31. The molecule has 0 heterocycles. The van der Waals surface area contributed by atoms with Gasteiger partial charge < -0.3 is 4.90 Å². The molecule has 0 radical (unpaired) electrons. The second kappa shape index (κ2) is 6.55. The van der Waals surface area contributed by atoms with Crippen LogP contribution in [0.4, 0.5) is 0 Å². The number of likely N-dealkylation sites (N-methyl/N-ethyl adjacent to an activating group) is 2. The number of amides is 1. The van der Waals surface area contributed by atoms with E-state index in [0.29, 0.717) is 18.5 Å². The Morgan fingerprint density at radius 2 is 1.78 bits per heavy atom. The van der Waals surface area contributed by atoms with E-state index < -0.39 is 0 Å². The molecule has 0 atom stereocenters. The predicted molar refractivity (Wildman–Crippen MR) is 74.5 cm³/mol. The molecule has 0 aliphatic heterocycles. The van der Waals surface area contributed by atoms with Gasteiger partial charge in [-0.3, -0.25) is 9.69 Å². The van der Waals surface area contributed by atoms with Crippen LogP contribution >= 0.6 is 0 Å². The molecule has 104 valence electrons. The van der Waals surface area contributed by atoms with Crippen molar-refractivity contribution in [2.24, 2.45) is 5.92 Å². The third-order valence-electron chi connectivity index (χ3n) is 4.49. The maximum atomic E-state index is 12.2. The Hall–Kier alpha value is -0.570. The molecule has 0 spiro atoms. The Labute approximate surface area is 112 Å². The molecule has 0 aromatic heterocycles. The van der Waals surface area contributed by atoms with Crippen molar-refractivity contribution < 1.29 is 4.79 Å². The zero-order chi connectivity index (χ0) is 13.0. The van der Waals surface area contributed by atoms with Crippen molar-refractivity contribution in [3.05, 3.63) is 0 Å². The van der Waals surface area contributed by atoms with Crippen LogP contribution in [0.1, 0.15) is 51.9 Å². The molecule has 0 aromatic carbocycles. The van der Waals surface area contributed by atoms with E-state index in [1.807, 2.05) is 11.9 Å². The van der Waals surface area contributed by atoms with Crippen molar-refractivity contribution in [1.29, 1.82) is 0 Å². The fraction of sp³-hybridized carbons (Fsp3) is 0.933. The third-order valence-corrected chi connectivity index (χ3v) is 4.49. The summed E-state index contributed by atoms with van der Waals surface area (Å²) in [5, 5.41) is 0. The predicted octanol–water partition coefficient (Wildman–Crippen LogP) is 2.51. The topological polar surface area (TPSA) is 23.6 Å². The number of rotatable bonds is 6. The van der Waals surface area contributed by atoms with Crippen molar-refractivity contribution in [1.82, 2.24) is 9.80 Å². The zero-order valence-corrected chi connectivity index (χ0v) is 12.0. The quantitative estimate of drug-likeness (QED) is 0.725. The Balaban J connectivity index is 1.72. The van der Waals surface area contributed by atoms with E-state index in [4.69, 9.17) is 0 Å². The van der Waals surface area contributed by atoms with Crippen LogP contribution in [-0.4, -0.2) is 48.4 Å². The van der Waals surface area contributed by atoms with E-state index in [0.717, 1.165) is 19.0 Å². The van der Waals surface area contributed by atoms with Crippen LogP contribution in [0.25, 0.3) is 0 Å². The smallest absolute Gasteiger partial charge is 0.236 e. The fourth-order valence-electron chi connectivity index (χ4n) is 3.09. The lowest BCUT2D eigenvalue weighted by Crippen LogP contribution is -2.41. The second-order valence-corrected chi connectivity index (χ2v) is 6.07. The number of carbonyl (C=O) groups excluding carboxylic acids is 1. The lowest BCUT2D eigenvalue weighted by molar-refractivity contribution is -0.131. The van der Waals surface area contributed by atoms with Gasteiger partial charge in [-0.1, -0.05) is 26.2 Å². The molecule has 2 saturated carbocycles. The van der Waals surface area contributed by atoms with Crippen LogP contribution in [0.3, 0.4) is 0 Å². The fourth-order valence-corrected chi connectivity index (χ4v) is 3.09. The molecule has 1 amide bonds. The molecule has 18 heavy (non-hydrogen) atoms. The maximum absolute atomic E-state index is 12.2. The van der Waals surface area contributed by atoms with Gasteiger partial charge >= 0.3 is 0 Å². The van der Waals surface area contributed by atoms with Crippen LogP contribution < -0.4 is 0 Å². The molecule has 3 nitrogen and oxygen atoms in total. The van der Waals surface area contributed by atoms with Gasteiger partial charge in [0.15, 0.2) is 0 Å². The van der Waals surface area contributed by atoms with Crippen LogP contribution in [0.15, 0.2) is 0 Å². The summed E-state index contributed by atoms with van der Waals surface area (Å²) in [7, 11) is 1.98. The summed E-state index contributed by atoms with van der Waals surface area (Å²) in [4.78, 5) is 16.5. The number of hydrogen-bond acceptors (Lipinski definition) is 2. The molecular formula is C15H28N2O. The molecule has 0 bridgehead atoms. The summed E-state index contributed by atoms with van der Waals surface area (Å²) >= 11 is 0. The highest BCUT2D eigenvalue weighted by Crippen LogP contribution is 2.27. The van der Waals surface area contributed by atoms with E-state index in [9.17, 15) is 4.79 Å². The molecule has 2 aliphatic carbocycles. The largest absolute Gasteiger partial charge is 0.344 e. The van der Waals surface area contributed by atoms with E-state index in [2.05, 4.69) is 11.8 Å². The molecule has 0 unspecified atom stereocenters. The Bertz CT molecular complexity index is 270. The van der Waals surface area contributed by atoms with Gasteiger partial charge in [0.1, 0.15) is 0 Å². The van der Waals surface area contributed by atoms with Crippen LogP contribution in [0.2, 0.25) is 0 Å². The highest BCUT2D eigenvalue weighted by atomic mass is 16.2. The van der Waals surface area contributed by atoms with Gasteiger partial charge in [-0.25, -0.2) is 0 Å². The third kappa shape index (κ3) is 3.98. The van der Waals surface area contributed by atoms with Gasteiger partial charge in [-0.05, 0) is 38.1 Å². The van der Waals surface area contributed by atoms with Gasteiger partial charge in [0.2, 0.25) is 5.91 Å². The van der Waals surface area contributed by atoms with E-state index >= 15 is 0 Å². The van der Waals surface area contributed by atoms with E-state index in [1.54, 1.807) is 0 Å². The first kappa shape index (κ1) is 13.9. The number of carbonyl (C=O) groups is 1. The van der Waals surface area contributed by atoms with Crippen molar-refractivity contribution in [2.75, 3.05) is 26.7 Å². The van der Waals surface area contributed by atoms with E-state index in [1.165, 1.54) is 44.9 Å². The summed E-state index contributed by atoms with van der Waals surface area (Å²) in [6.45, 7) is 4.77. The first-order valence-electron chi connectivity index (χ1n) is 7.68. The lowest BCUT2D eigenvalue weighted by atomic mass is 9.89. The average Bonchev–Trinajstić information content (AvgIpc) is 3.21. The van der Waals surface area contributed by atoms with Crippen molar-refractivity contribution >= 4 is 5.91 Å². The Morgan fingerprint density at radius 1 is 1.11 bits per heavy atom. The SMILES string of the molecule is CCN(CC(=O)N(C)CC1CCCCC1)C1CC1. The minimum atomic E-state index is 0.314. The van der Waals surface area contributed by atoms with Crippen LogP contribution in [0.5, 0.6) is 0 Å². The Kier molecular flexibility index (Phi) is 5.04. The summed E-state index contributed by atoms with van der Waals surface area (Å²) in [5.74, 6) is 1.07. The lowest BCUT2D eigenvalue weighted by Gasteiger charge is -2.29. The maximum Gasteiger partial charge on any atom is 0.236 e. The summed E-state index contributed by atoms with van der Waals surface area (Å²) in [6, 6.07) is 0.696. The molecule has 0 aromatic rings. The summed E-state index contributed by atoms with van der Waals surface area (Å²) < 4.78 is 0. The van der Waals surface area contributed by atoms with Gasteiger partial charge in [0.25, 0.3) is 0 Å². The number of hydrogen-bond donors (Lipinski definition) is 0. The molecule has 2 fully saturated rings. The molecule has 3 heteroatoms. The standard InChI is InChI=1S/C15H28N2O/c1-3-17(14-9-10-14)12-15(18)16(2)11-13-7-5-4-6-8-13/h13-14H,3-12H2,1-2H3. The molecular weight excluding hydrogens is 224 g/mol. The minimum absolute atomic E-state index is 0.314. The first-order valence-corrected chi connectivity index (χ1v) is 7.68. The monoisotopic (exact) mass is 252 g/mol. The van der Waals surface area contributed by atoms with E-state index in [-0.39, 0.29) is 0 Å². The average molecular weight is 252 g/mol. The molecule has 0 N–H and O–H groups in total.